The normalized spacial score (nSPS) is 26.9. The Kier molecular flexibility index (Phi) is 3.17. The van der Waals surface area contributed by atoms with Gasteiger partial charge in [0.25, 0.3) is 0 Å². The van der Waals surface area contributed by atoms with Gasteiger partial charge in [0.1, 0.15) is 6.04 Å². The van der Waals surface area contributed by atoms with E-state index in [4.69, 9.17) is 0 Å². The van der Waals surface area contributed by atoms with Gasteiger partial charge >= 0.3 is 0 Å². The third-order valence-electron chi connectivity index (χ3n) is 3.18. The van der Waals surface area contributed by atoms with Gasteiger partial charge in [-0.2, -0.15) is 0 Å². The molecule has 4 heteroatoms. The quantitative estimate of drug-likeness (QED) is 0.769. The summed E-state index contributed by atoms with van der Waals surface area (Å²) in [4.78, 5) is 25.6. The van der Waals surface area contributed by atoms with Gasteiger partial charge in [-0.15, -0.1) is 0 Å². The molecule has 1 N–H and O–H groups in total. The molecule has 2 rings (SSSR count). The second kappa shape index (κ2) is 4.44. The number of nitrogens with one attached hydrogen (secondary N) is 1. The summed E-state index contributed by atoms with van der Waals surface area (Å²) >= 11 is 0. The van der Waals surface area contributed by atoms with Gasteiger partial charge in [0.15, 0.2) is 0 Å². The maximum absolute atomic E-state index is 12.2. The molecule has 0 bridgehead atoms. The molecule has 1 aliphatic heterocycles. The first-order valence-electron chi connectivity index (χ1n) is 6.16. The van der Waals surface area contributed by atoms with Crippen molar-refractivity contribution in [1.82, 2.24) is 10.2 Å². The third-order valence-corrected chi connectivity index (χ3v) is 3.18. The van der Waals surface area contributed by atoms with Crippen molar-refractivity contribution in [2.45, 2.75) is 39.2 Å². The second-order valence-corrected chi connectivity index (χ2v) is 5.31. The van der Waals surface area contributed by atoms with E-state index in [2.05, 4.69) is 19.2 Å². The number of carbonyl (C=O) groups excluding carboxylic acids is 2. The minimum Gasteiger partial charge on any atom is -0.344 e. The highest BCUT2D eigenvalue weighted by Gasteiger charge is 2.40. The Bertz CT molecular complexity index is 297. The molecule has 0 radical (unpaired) electrons. The molecule has 4 nitrogen and oxygen atoms in total. The van der Waals surface area contributed by atoms with E-state index in [-0.39, 0.29) is 17.9 Å². The molecule has 2 aliphatic rings. The lowest BCUT2D eigenvalue weighted by molar-refractivity contribution is -0.134. The molecule has 0 spiro atoms. The maximum Gasteiger partial charge on any atom is 0.245 e. The Balaban J connectivity index is 2.07. The summed E-state index contributed by atoms with van der Waals surface area (Å²) in [6.07, 6.45) is 2.60. The van der Waals surface area contributed by atoms with Gasteiger partial charge in [0, 0.05) is 19.5 Å². The van der Waals surface area contributed by atoms with Crippen LogP contribution in [0.3, 0.4) is 0 Å². The minimum atomic E-state index is -0.242. The summed E-state index contributed by atoms with van der Waals surface area (Å²) in [5.74, 6) is 1.000. The van der Waals surface area contributed by atoms with Gasteiger partial charge in [-0.3, -0.25) is 9.59 Å². The SMILES string of the molecule is CC(C)CN1CCC(=O)NC(C2CC2)C1=O. The van der Waals surface area contributed by atoms with Gasteiger partial charge in [0.05, 0.1) is 0 Å². The Labute approximate surface area is 96.4 Å². The number of rotatable bonds is 3. The highest BCUT2D eigenvalue weighted by atomic mass is 16.2. The van der Waals surface area contributed by atoms with Crippen LogP contribution in [0.1, 0.15) is 33.1 Å². The summed E-state index contributed by atoms with van der Waals surface area (Å²) in [5.41, 5.74) is 0. The molecule has 1 saturated carbocycles. The summed E-state index contributed by atoms with van der Waals surface area (Å²) < 4.78 is 0. The lowest BCUT2D eigenvalue weighted by Crippen LogP contribution is -2.46. The molecule has 2 fully saturated rings. The number of carbonyl (C=O) groups is 2. The monoisotopic (exact) mass is 224 g/mol. The van der Waals surface area contributed by atoms with E-state index in [9.17, 15) is 9.59 Å². The molecular formula is C12H20N2O2. The van der Waals surface area contributed by atoms with Crippen LogP contribution in [0.5, 0.6) is 0 Å². The van der Waals surface area contributed by atoms with Crippen LogP contribution in [0.4, 0.5) is 0 Å². The fourth-order valence-electron chi connectivity index (χ4n) is 2.22. The van der Waals surface area contributed by atoms with Gasteiger partial charge < -0.3 is 10.2 Å². The predicted octanol–water partition coefficient (Wildman–Crippen LogP) is 0.769. The molecule has 0 aromatic carbocycles. The second-order valence-electron chi connectivity index (χ2n) is 5.31. The summed E-state index contributed by atoms with van der Waals surface area (Å²) in [5, 5.41) is 2.86. The van der Waals surface area contributed by atoms with Crippen LogP contribution in [0.15, 0.2) is 0 Å². The number of hydrogen-bond donors (Lipinski definition) is 1. The lowest BCUT2D eigenvalue weighted by Gasteiger charge is -2.25. The first kappa shape index (κ1) is 11.4. The van der Waals surface area contributed by atoms with E-state index in [1.807, 2.05) is 4.90 Å². The zero-order chi connectivity index (χ0) is 11.7. The molecule has 1 aliphatic carbocycles. The van der Waals surface area contributed by atoms with Crippen LogP contribution in [-0.4, -0.2) is 35.8 Å². The first-order chi connectivity index (χ1) is 7.58. The number of amides is 2. The van der Waals surface area contributed by atoms with Crippen LogP contribution in [0.25, 0.3) is 0 Å². The van der Waals surface area contributed by atoms with Gasteiger partial charge in [-0.25, -0.2) is 0 Å². The average molecular weight is 224 g/mol. The van der Waals surface area contributed by atoms with Crippen molar-refractivity contribution in [2.75, 3.05) is 13.1 Å². The van der Waals surface area contributed by atoms with E-state index >= 15 is 0 Å². The van der Waals surface area contributed by atoms with Crippen molar-refractivity contribution in [3.8, 4) is 0 Å². The largest absolute Gasteiger partial charge is 0.344 e. The van der Waals surface area contributed by atoms with E-state index in [0.29, 0.717) is 24.8 Å². The summed E-state index contributed by atoms with van der Waals surface area (Å²) in [7, 11) is 0. The topological polar surface area (TPSA) is 49.4 Å². The zero-order valence-electron chi connectivity index (χ0n) is 10.0. The van der Waals surface area contributed by atoms with Crippen molar-refractivity contribution >= 4 is 11.8 Å². The van der Waals surface area contributed by atoms with Crippen LogP contribution in [-0.2, 0) is 9.59 Å². The van der Waals surface area contributed by atoms with Crippen molar-refractivity contribution in [2.24, 2.45) is 11.8 Å². The molecule has 1 saturated heterocycles. The predicted molar refractivity (Wildman–Crippen MR) is 60.7 cm³/mol. The molecule has 90 valence electrons. The molecule has 16 heavy (non-hydrogen) atoms. The van der Waals surface area contributed by atoms with Crippen molar-refractivity contribution in [3.05, 3.63) is 0 Å². The molecule has 1 unspecified atom stereocenters. The molecule has 1 heterocycles. The van der Waals surface area contributed by atoms with Crippen molar-refractivity contribution < 1.29 is 9.59 Å². The van der Waals surface area contributed by atoms with E-state index in [0.717, 1.165) is 19.4 Å². The number of nitrogens with zero attached hydrogens (tertiary/aromatic N) is 1. The highest BCUT2D eigenvalue weighted by Crippen LogP contribution is 2.34. The van der Waals surface area contributed by atoms with Crippen molar-refractivity contribution in [3.63, 3.8) is 0 Å². The van der Waals surface area contributed by atoms with Crippen LogP contribution >= 0.6 is 0 Å². The molecule has 0 aromatic rings. The maximum atomic E-state index is 12.2. The standard InChI is InChI=1S/C12H20N2O2/c1-8(2)7-14-6-5-10(15)13-11(12(14)16)9-3-4-9/h8-9,11H,3-7H2,1-2H3,(H,13,15). The highest BCUT2D eigenvalue weighted by molar-refractivity contribution is 5.90. The fraction of sp³-hybridized carbons (Fsp3) is 0.833. The Morgan fingerprint density at radius 1 is 1.38 bits per heavy atom. The number of hydrogen-bond acceptors (Lipinski definition) is 2. The van der Waals surface area contributed by atoms with Gasteiger partial charge in [-0.1, -0.05) is 13.8 Å². The summed E-state index contributed by atoms with van der Waals surface area (Å²) in [6.45, 7) is 5.53. The fourth-order valence-corrected chi connectivity index (χ4v) is 2.22. The lowest BCUT2D eigenvalue weighted by atomic mass is 10.1. The van der Waals surface area contributed by atoms with E-state index in [1.54, 1.807) is 0 Å². The Morgan fingerprint density at radius 2 is 2.06 bits per heavy atom. The minimum absolute atomic E-state index is 0.0245. The van der Waals surface area contributed by atoms with Crippen LogP contribution in [0.2, 0.25) is 0 Å². The zero-order valence-corrected chi connectivity index (χ0v) is 10.0. The van der Waals surface area contributed by atoms with Crippen molar-refractivity contribution in [1.29, 1.82) is 0 Å². The van der Waals surface area contributed by atoms with Gasteiger partial charge in [-0.05, 0) is 24.7 Å². The molecule has 2 amide bonds. The summed E-state index contributed by atoms with van der Waals surface area (Å²) in [6, 6.07) is -0.242. The van der Waals surface area contributed by atoms with Crippen LogP contribution in [0, 0.1) is 11.8 Å². The molecular weight excluding hydrogens is 204 g/mol. The smallest absolute Gasteiger partial charge is 0.245 e. The van der Waals surface area contributed by atoms with E-state index < -0.39 is 0 Å². The third kappa shape index (κ3) is 2.54. The van der Waals surface area contributed by atoms with Gasteiger partial charge in [0.2, 0.25) is 11.8 Å². The Hall–Kier alpha value is -1.06. The first-order valence-corrected chi connectivity index (χ1v) is 6.16. The molecule has 0 aromatic heterocycles. The van der Waals surface area contributed by atoms with Crippen LogP contribution < -0.4 is 5.32 Å². The molecule has 1 atom stereocenters. The van der Waals surface area contributed by atoms with E-state index in [1.165, 1.54) is 0 Å². The Morgan fingerprint density at radius 3 is 2.62 bits per heavy atom. The average Bonchev–Trinajstić information content (AvgIpc) is 3.01.